The van der Waals surface area contributed by atoms with Crippen LogP contribution in [0.1, 0.15) is 51.3 Å². The number of amides is 2. The Balaban J connectivity index is 1.71. The highest BCUT2D eigenvalue weighted by Crippen LogP contribution is 2.35. The van der Waals surface area contributed by atoms with Crippen molar-refractivity contribution in [2.45, 2.75) is 64.6 Å². The molecule has 0 aliphatic carbocycles. The second kappa shape index (κ2) is 8.62. The van der Waals surface area contributed by atoms with Gasteiger partial charge in [0, 0.05) is 40.9 Å². The molecule has 0 aromatic carbocycles. The van der Waals surface area contributed by atoms with Crippen molar-refractivity contribution in [1.29, 1.82) is 0 Å². The molecule has 150 valence electrons. The summed E-state index contributed by atoms with van der Waals surface area (Å²) < 4.78 is 1.12. The molecule has 7 heteroatoms. The van der Waals surface area contributed by atoms with Gasteiger partial charge < -0.3 is 10.2 Å². The summed E-state index contributed by atoms with van der Waals surface area (Å²) in [6, 6.07) is 1.79. The van der Waals surface area contributed by atoms with Crippen LogP contribution in [-0.2, 0) is 16.1 Å². The van der Waals surface area contributed by atoms with E-state index in [1.807, 2.05) is 4.90 Å². The first-order valence-electron chi connectivity index (χ1n) is 9.93. The van der Waals surface area contributed by atoms with Crippen LogP contribution in [0.15, 0.2) is 15.9 Å². The van der Waals surface area contributed by atoms with Crippen molar-refractivity contribution in [3.63, 3.8) is 0 Å². The summed E-state index contributed by atoms with van der Waals surface area (Å²) in [4.78, 5) is 31.9. The van der Waals surface area contributed by atoms with E-state index in [9.17, 15) is 9.59 Å². The zero-order valence-electron chi connectivity index (χ0n) is 16.5. The van der Waals surface area contributed by atoms with Crippen LogP contribution in [0.25, 0.3) is 0 Å². The van der Waals surface area contributed by atoms with Gasteiger partial charge in [-0.25, -0.2) is 0 Å². The molecule has 2 aliphatic rings. The van der Waals surface area contributed by atoms with Crippen LogP contribution >= 0.6 is 27.3 Å². The second-order valence-corrected chi connectivity index (χ2v) is 10.1. The molecule has 0 radical (unpaired) electrons. The van der Waals surface area contributed by atoms with Crippen molar-refractivity contribution >= 4 is 39.1 Å². The van der Waals surface area contributed by atoms with Gasteiger partial charge in [0.15, 0.2) is 0 Å². The maximum atomic E-state index is 13.1. The van der Waals surface area contributed by atoms with Crippen molar-refractivity contribution in [3.05, 3.63) is 20.8 Å². The molecule has 5 nitrogen and oxygen atoms in total. The Hall–Kier alpha value is -0.920. The smallest absolute Gasteiger partial charge is 0.246 e. The van der Waals surface area contributed by atoms with E-state index in [1.165, 1.54) is 4.88 Å². The largest absolute Gasteiger partial charge is 0.342 e. The number of rotatable bonds is 6. The molecule has 1 spiro atoms. The Morgan fingerprint density at radius 3 is 2.59 bits per heavy atom. The Morgan fingerprint density at radius 1 is 1.33 bits per heavy atom. The van der Waals surface area contributed by atoms with Crippen LogP contribution in [-0.4, -0.2) is 52.8 Å². The van der Waals surface area contributed by atoms with E-state index in [0.717, 1.165) is 30.5 Å². The molecule has 2 aliphatic heterocycles. The third kappa shape index (κ3) is 4.40. The molecule has 1 aromatic heterocycles. The minimum atomic E-state index is -0.660. The molecular weight excluding hydrogens is 426 g/mol. The van der Waals surface area contributed by atoms with Crippen molar-refractivity contribution in [1.82, 2.24) is 15.1 Å². The Kier molecular flexibility index (Phi) is 6.64. The van der Waals surface area contributed by atoms with E-state index >= 15 is 0 Å². The summed E-state index contributed by atoms with van der Waals surface area (Å²) in [5, 5.41) is 5.16. The summed E-state index contributed by atoms with van der Waals surface area (Å²) in [6.45, 7) is 9.51. The molecule has 1 aromatic rings. The maximum Gasteiger partial charge on any atom is 0.246 e. The van der Waals surface area contributed by atoms with Gasteiger partial charge in [-0.1, -0.05) is 20.8 Å². The first-order chi connectivity index (χ1) is 12.9. The zero-order chi connectivity index (χ0) is 19.6. The number of carbonyl (C=O) groups is 2. The standard InChI is InChI=1S/C20H30BrN3O2S/c1-4-7-24-18(25)17(10-14(2)3)22-19(26)20(24)5-8-23(9-6-20)12-16-11-15(21)13-27-16/h11,13-14,17H,4-10,12H2,1-3H3,(H,22,26). The van der Waals surface area contributed by atoms with Gasteiger partial charge in [0.05, 0.1) is 0 Å². The Bertz CT molecular complexity index is 683. The lowest BCUT2D eigenvalue weighted by molar-refractivity contribution is -0.161. The Labute approximate surface area is 174 Å². The highest BCUT2D eigenvalue weighted by molar-refractivity contribution is 9.10. The average Bonchev–Trinajstić information content (AvgIpc) is 3.03. The molecule has 1 N–H and O–H groups in total. The summed E-state index contributed by atoms with van der Waals surface area (Å²) in [5.74, 6) is 0.546. The van der Waals surface area contributed by atoms with Crippen molar-refractivity contribution < 1.29 is 9.59 Å². The third-order valence-electron chi connectivity index (χ3n) is 5.65. The number of nitrogens with one attached hydrogen (secondary N) is 1. The lowest BCUT2D eigenvalue weighted by Crippen LogP contribution is -2.72. The van der Waals surface area contributed by atoms with E-state index in [1.54, 1.807) is 11.3 Å². The van der Waals surface area contributed by atoms with Gasteiger partial charge in [-0.15, -0.1) is 11.3 Å². The van der Waals surface area contributed by atoms with E-state index in [4.69, 9.17) is 0 Å². The number of piperidine rings is 1. The highest BCUT2D eigenvalue weighted by atomic mass is 79.9. The lowest BCUT2D eigenvalue weighted by atomic mass is 9.81. The van der Waals surface area contributed by atoms with E-state index in [2.05, 4.69) is 58.4 Å². The third-order valence-corrected chi connectivity index (χ3v) is 7.33. The van der Waals surface area contributed by atoms with Gasteiger partial charge in [-0.2, -0.15) is 0 Å². The van der Waals surface area contributed by atoms with Crippen molar-refractivity contribution in [2.24, 2.45) is 5.92 Å². The normalized spacial score (nSPS) is 23.3. The number of halogens is 1. The molecule has 3 rings (SSSR count). The van der Waals surface area contributed by atoms with Gasteiger partial charge >= 0.3 is 0 Å². The van der Waals surface area contributed by atoms with Gasteiger partial charge in [0.2, 0.25) is 11.8 Å². The minimum Gasteiger partial charge on any atom is -0.342 e. The first kappa shape index (κ1) is 20.8. The fraction of sp³-hybridized carbons (Fsp3) is 0.700. The molecule has 27 heavy (non-hydrogen) atoms. The van der Waals surface area contributed by atoms with Gasteiger partial charge in [0.25, 0.3) is 0 Å². The predicted molar refractivity (Wildman–Crippen MR) is 113 cm³/mol. The monoisotopic (exact) mass is 455 g/mol. The van der Waals surface area contributed by atoms with E-state index in [0.29, 0.717) is 31.7 Å². The van der Waals surface area contributed by atoms with E-state index < -0.39 is 5.54 Å². The van der Waals surface area contributed by atoms with Crippen LogP contribution < -0.4 is 5.32 Å². The van der Waals surface area contributed by atoms with Crippen LogP contribution in [0, 0.1) is 5.92 Å². The van der Waals surface area contributed by atoms with E-state index in [-0.39, 0.29) is 17.9 Å². The molecule has 0 bridgehead atoms. The minimum absolute atomic E-state index is 0.0553. The number of thiophene rings is 1. The van der Waals surface area contributed by atoms with Gasteiger partial charge in [-0.3, -0.25) is 14.5 Å². The molecule has 2 amide bonds. The highest BCUT2D eigenvalue weighted by Gasteiger charge is 2.53. The average molecular weight is 456 g/mol. The number of carbonyl (C=O) groups excluding carboxylic acids is 2. The summed E-state index contributed by atoms with van der Waals surface area (Å²) in [5.41, 5.74) is -0.660. The van der Waals surface area contributed by atoms with Crippen LogP contribution in [0.3, 0.4) is 0 Å². The number of hydrogen-bond donors (Lipinski definition) is 1. The summed E-state index contributed by atoms with van der Waals surface area (Å²) in [6.07, 6.45) is 3.01. The molecule has 1 unspecified atom stereocenters. The molecule has 1 atom stereocenters. The number of likely N-dealkylation sites (tertiary alicyclic amines) is 1. The lowest BCUT2D eigenvalue weighted by Gasteiger charge is -2.51. The van der Waals surface area contributed by atoms with Crippen LogP contribution in [0.5, 0.6) is 0 Å². The van der Waals surface area contributed by atoms with Gasteiger partial charge in [0.1, 0.15) is 11.6 Å². The van der Waals surface area contributed by atoms with Crippen molar-refractivity contribution in [3.8, 4) is 0 Å². The predicted octanol–water partition coefficient (Wildman–Crippen LogP) is 3.63. The fourth-order valence-electron chi connectivity index (χ4n) is 4.29. The second-order valence-electron chi connectivity index (χ2n) is 8.18. The fourth-order valence-corrected chi connectivity index (χ4v) is 5.78. The Morgan fingerprint density at radius 2 is 2.04 bits per heavy atom. The number of nitrogens with zero attached hydrogens (tertiary/aromatic N) is 2. The number of piperazine rings is 1. The van der Waals surface area contributed by atoms with Gasteiger partial charge in [-0.05, 0) is 53.6 Å². The molecule has 3 heterocycles. The first-order valence-corrected chi connectivity index (χ1v) is 11.6. The summed E-state index contributed by atoms with van der Waals surface area (Å²) >= 11 is 5.26. The van der Waals surface area contributed by atoms with Crippen LogP contribution in [0.2, 0.25) is 0 Å². The summed E-state index contributed by atoms with van der Waals surface area (Å²) in [7, 11) is 0. The molecular formula is C20H30BrN3O2S. The zero-order valence-corrected chi connectivity index (χ0v) is 18.9. The maximum absolute atomic E-state index is 13.1. The SMILES string of the molecule is CCCN1C(=O)C(CC(C)C)NC(=O)C12CCN(Cc1cc(Br)cs1)CC2. The quantitative estimate of drug-likeness (QED) is 0.712. The molecule has 2 saturated heterocycles. The molecule has 2 fully saturated rings. The topological polar surface area (TPSA) is 52.7 Å². The molecule has 0 saturated carbocycles. The number of hydrogen-bond acceptors (Lipinski definition) is 4. The van der Waals surface area contributed by atoms with Crippen LogP contribution in [0.4, 0.5) is 0 Å². The van der Waals surface area contributed by atoms with Crippen molar-refractivity contribution in [2.75, 3.05) is 19.6 Å².